The lowest BCUT2D eigenvalue weighted by atomic mass is 9.90. The first-order chi connectivity index (χ1) is 13.4. The Morgan fingerprint density at radius 3 is 2.57 bits per heavy atom. The van der Waals surface area contributed by atoms with E-state index in [2.05, 4.69) is 10.3 Å². The molecule has 1 aliphatic rings. The van der Waals surface area contributed by atoms with E-state index in [9.17, 15) is 9.59 Å². The van der Waals surface area contributed by atoms with Crippen molar-refractivity contribution in [2.24, 2.45) is 5.41 Å². The number of fused-ring (bicyclic) bond motifs is 1. The molecule has 0 bridgehead atoms. The van der Waals surface area contributed by atoms with Crippen molar-refractivity contribution in [2.45, 2.75) is 26.8 Å². The van der Waals surface area contributed by atoms with E-state index in [1.54, 1.807) is 38.2 Å². The molecule has 0 fully saturated rings. The molecule has 2 heterocycles. The Kier molecular flexibility index (Phi) is 5.82. The van der Waals surface area contributed by atoms with E-state index in [4.69, 9.17) is 9.47 Å². The summed E-state index contributed by atoms with van der Waals surface area (Å²) in [5.41, 5.74) is 0.815. The molecule has 7 nitrogen and oxygen atoms in total. The number of carbonyl (C=O) groups is 2. The van der Waals surface area contributed by atoms with Crippen molar-refractivity contribution in [2.75, 3.05) is 20.4 Å². The Bertz CT molecular complexity index is 852. The highest BCUT2D eigenvalue weighted by Crippen LogP contribution is 2.32. The number of ether oxygens (including phenoxy) is 2. The lowest BCUT2D eigenvalue weighted by molar-refractivity contribution is -0.147. The molecule has 0 aliphatic carbocycles. The molecule has 1 aliphatic heterocycles. The summed E-state index contributed by atoms with van der Waals surface area (Å²) in [6, 6.07) is 9.35. The second-order valence-corrected chi connectivity index (χ2v) is 7.33. The maximum absolute atomic E-state index is 12.8. The van der Waals surface area contributed by atoms with Gasteiger partial charge in [-0.3, -0.25) is 14.6 Å². The number of nitrogens with one attached hydrogen (secondary N) is 1. The molecule has 0 saturated carbocycles. The van der Waals surface area contributed by atoms with Crippen LogP contribution < -0.4 is 14.8 Å². The van der Waals surface area contributed by atoms with Crippen LogP contribution in [0.25, 0.3) is 0 Å². The molecule has 0 radical (unpaired) electrons. The van der Waals surface area contributed by atoms with Gasteiger partial charge in [-0.1, -0.05) is 6.07 Å². The number of nitrogens with zero attached hydrogens (tertiary/aromatic N) is 2. The normalized spacial score (nSPS) is 12.5. The third-order valence-electron chi connectivity index (χ3n) is 4.82. The summed E-state index contributed by atoms with van der Waals surface area (Å²) >= 11 is 0. The Balaban J connectivity index is 1.54. The van der Waals surface area contributed by atoms with E-state index in [1.807, 2.05) is 30.3 Å². The highest BCUT2D eigenvalue weighted by Gasteiger charge is 2.37. The van der Waals surface area contributed by atoms with Crippen LogP contribution in [-0.2, 0) is 22.6 Å². The van der Waals surface area contributed by atoms with E-state index in [-0.39, 0.29) is 18.6 Å². The molecular weight excluding hydrogens is 358 g/mol. The van der Waals surface area contributed by atoms with Crippen LogP contribution in [0, 0.1) is 5.41 Å². The van der Waals surface area contributed by atoms with Crippen LogP contribution >= 0.6 is 0 Å². The molecule has 2 amide bonds. The molecule has 2 aromatic rings. The van der Waals surface area contributed by atoms with E-state index in [1.165, 1.54) is 0 Å². The molecule has 1 N–H and O–H groups in total. The number of amides is 2. The number of hydrogen-bond acceptors (Lipinski definition) is 5. The molecule has 0 unspecified atom stereocenters. The summed E-state index contributed by atoms with van der Waals surface area (Å²) in [7, 11) is 1.72. The summed E-state index contributed by atoms with van der Waals surface area (Å²) in [6.45, 7) is 4.34. The zero-order valence-electron chi connectivity index (χ0n) is 16.4. The first-order valence-corrected chi connectivity index (χ1v) is 9.19. The van der Waals surface area contributed by atoms with Crippen molar-refractivity contribution < 1.29 is 19.1 Å². The lowest BCUT2D eigenvalue weighted by Crippen LogP contribution is -2.48. The SMILES string of the molecule is CN(CCc1ccncc1)C(=O)C(C)(C)C(=O)NCc1ccc2c(c1)OCO2. The highest BCUT2D eigenvalue weighted by atomic mass is 16.7. The van der Waals surface area contributed by atoms with Gasteiger partial charge in [-0.05, 0) is 55.7 Å². The fraction of sp³-hybridized carbons (Fsp3) is 0.381. The van der Waals surface area contributed by atoms with Gasteiger partial charge in [0.1, 0.15) is 5.41 Å². The minimum Gasteiger partial charge on any atom is -0.454 e. The Morgan fingerprint density at radius 1 is 1.11 bits per heavy atom. The van der Waals surface area contributed by atoms with Crippen LogP contribution in [0.1, 0.15) is 25.0 Å². The van der Waals surface area contributed by atoms with Gasteiger partial charge in [-0.15, -0.1) is 0 Å². The maximum atomic E-state index is 12.8. The minimum atomic E-state index is -1.16. The van der Waals surface area contributed by atoms with Crippen molar-refractivity contribution >= 4 is 11.8 Å². The molecule has 148 valence electrons. The monoisotopic (exact) mass is 383 g/mol. The van der Waals surface area contributed by atoms with Gasteiger partial charge in [0, 0.05) is 32.5 Å². The largest absolute Gasteiger partial charge is 0.454 e. The standard InChI is InChI=1S/C21H25N3O4/c1-21(2,20(26)24(3)11-8-15-6-9-22-10-7-15)19(25)23-13-16-4-5-17-18(12-16)28-14-27-17/h4-7,9-10,12H,8,11,13-14H2,1-3H3,(H,23,25). The van der Waals surface area contributed by atoms with Gasteiger partial charge in [0.05, 0.1) is 0 Å². The molecule has 0 saturated heterocycles. The zero-order valence-corrected chi connectivity index (χ0v) is 16.4. The Morgan fingerprint density at radius 2 is 1.82 bits per heavy atom. The van der Waals surface area contributed by atoms with Crippen LogP contribution in [0.5, 0.6) is 11.5 Å². The number of likely N-dealkylation sites (N-methyl/N-ethyl adjacent to an activating group) is 1. The maximum Gasteiger partial charge on any atom is 0.237 e. The van der Waals surface area contributed by atoms with Crippen molar-refractivity contribution in [1.82, 2.24) is 15.2 Å². The van der Waals surface area contributed by atoms with E-state index in [0.29, 0.717) is 31.0 Å². The van der Waals surface area contributed by atoms with Crippen molar-refractivity contribution in [3.05, 3.63) is 53.9 Å². The van der Waals surface area contributed by atoms with Crippen LogP contribution in [0.2, 0.25) is 0 Å². The topological polar surface area (TPSA) is 80.8 Å². The summed E-state index contributed by atoms with van der Waals surface area (Å²) < 4.78 is 10.6. The van der Waals surface area contributed by atoms with E-state index < -0.39 is 5.41 Å². The average Bonchev–Trinajstić information content (AvgIpc) is 3.18. The molecule has 0 spiro atoms. The number of benzene rings is 1. The van der Waals surface area contributed by atoms with Gasteiger partial charge in [0.2, 0.25) is 18.6 Å². The molecule has 1 aromatic heterocycles. The lowest BCUT2D eigenvalue weighted by Gasteiger charge is -2.28. The van der Waals surface area contributed by atoms with E-state index >= 15 is 0 Å². The van der Waals surface area contributed by atoms with Gasteiger partial charge in [-0.2, -0.15) is 0 Å². The van der Waals surface area contributed by atoms with Gasteiger partial charge >= 0.3 is 0 Å². The second-order valence-electron chi connectivity index (χ2n) is 7.33. The molecule has 1 aromatic carbocycles. The quantitative estimate of drug-likeness (QED) is 0.741. The van der Waals surface area contributed by atoms with E-state index in [0.717, 1.165) is 11.1 Å². The number of carbonyl (C=O) groups excluding carboxylic acids is 2. The Hall–Kier alpha value is -3.09. The van der Waals surface area contributed by atoms with Crippen LogP contribution in [0.4, 0.5) is 0 Å². The predicted molar refractivity (Wildman–Crippen MR) is 104 cm³/mol. The van der Waals surface area contributed by atoms with Crippen molar-refractivity contribution in [3.8, 4) is 11.5 Å². The summed E-state index contributed by atoms with van der Waals surface area (Å²) in [5, 5.41) is 2.85. The zero-order chi connectivity index (χ0) is 20.1. The fourth-order valence-corrected chi connectivity index (χ4v) is 2.98. The van der Waals surface area contributed by atoms with Crippen LogP contribution in [0.3, 0.4) is 0 Å². The van der Waals surface area contributed by atoms with Gasteiger partial charge in [0.25, 0.3) is 0 Å². The third-order valence-corrected chi connectivity index (χ3v) is 4.82. The first-order valence-electron chi connectivity index (χ1n) is 9.19. The summed E-state index contributed by atoms with van der Waals surface area (Å²) in [4.78, 5) is 31.1. The number of hydrogen-bond donors (Lipinski definition) is 1. The van der Waals surface area contributed by atoms with Crippen molar-refractivity contribution in [1.29, 1.82) is 0 Å². The van der Waals surface area contributed by atoms with Crippen molar-refractivity contribution in [3.63, 3.8) is 0 Å². The highest BCUT2D eigenvalue weighted by molar-refractivity contribution is 6.04. The second kappa shape index (κ2) is 8.29. The smallest absolute Gasteiger partial charge is 0.237 e. The fourth-order valence-electron chi connectivity index (χ4n) is 2.98. The molecule has 28 heavy (non-hydrogen) atoms. The number of pyridine rings is 1. The predicted octanol–water partition coefficient (Wildman–Crippen LogP) is 2.15. The minimum absolute atomic E-state index is 0.207. The van der Waals surface area contributed by atoms with Crippen LogP contribution in [0.15, 0.2) is 42.7 Å². The molecule has 3 rings (SSSR count). The van der Waals surface area contributed by atoms with Crippen LogP contribution in [-0.4, -0.2) is 42.1 Å². The molecular formula is C21H25N3O4. The Labute approximate surface area is 164 Å². The number of aromatic nitrogens is 1. The van der Waals surface area contributed by atoms with Gasteiger partial charge in [0.15, 0.2) is 11.5 Å². The van der Waals surface area contributed by atoms with Gasteiger partial charge < -0.3 is 19.7 Å². The molecule has 0 atom stereocenters. The first kappa shape index (κ1) is 19.7. The molecule has 7 heteroatoms. The average molecular weight is 383 g/mol. The third kappa shape index (κ3) is 4.42. The summed E-state index contributed by atoms with van der Waals surface area (Å²) in [5.74, 6) is 0.829. The number of rotatable bonds is 7. The van der Waals surface area contributed by atoms with Gasteiger partial charge in [-0.25, -0.2) is 0 Å². The summed E-state index contributed by atoms with van der Waals surface area (Å²) in [6.07, 6.45) is 4.16.